The Morgan fingerprint density at radius 1 is 1.00 bits per heavy atom. The molecule has 2 nitrogen and oxygen atoms in total. The van der Waals surface area contributed by atoms with E-state index in [1.165, 1.54) is 44.1 Å². The number of hydrogen-bond donors (Lipinski definition) is 1. The summed E-state index contributed by atoms with van der Waals surface area (Å²) in [4.78, 5) is 2.73. The summed E-state index contributed by atoms with van der Waals surface area (Å²) < 4.78 is 1.12. The molecule has 1 aromatic carbocycles. The molecule has 1 N–H and O–H groups in total. The zero-order chi connectivity index (χ0) is 17.2. The van der Waals surface area contributed by atoms with E-state index < -0.39 is 0 Å². The molecule has 2 atom stereocenters. The van der Waals surface area contributed by atoms with Crippen LogP contribution in [0.1, 0.15) is 50.5 Å². The molecule has 5 saturated carbocycles. The first kappa shape index (κ1) is 16.8. The van der Waals surface area contributed by atoms with Crippen LogP contribution in [0.25, 0.3) is 0 Å². The van der Waals surface area contributed by atoms with Gasteiger partial charge in [0.1, 0.15) is 0 Å². The first-order valence-corrected chi connectivity index (χ1v) is 10.9. The Labute approximate surface area is 160 Å². The smallest absolute Gasteiger partial charge is 0.0531 e. The molecule has 0 amide bonds. The summed E-state index contributed by atoms with van der Waals surface area (Å²) in [5.74, 6) is 3.61. The van der Waals surface area contributed by atoms with Crippen molar-refractivity contribution in [2.45, 2.75) is 55.9 Å². The molecule has 0 heterocycles. The van der Waals surface area contributed by atoms with Crippen LogP contribution in [0.15, 0.2) is 28.7 Å². The summed E-state index contributed by atoms with van der Waals surface area (Å²) in [6, 6.07) is 8.63. The van der Waals surface area contributed by atoms with Gasteiger partial charge in [0.2, 0.25) is 0 Å². The molecule has 0 saturated heterocycles. The van der Waals surface area contributed by atoms with E-state index in [0.717, 1.165) is 35.2 Å². The van der Waals surface area contributed by atoms with Crippen molar-refractivity contribution in [3.63, 3.8) is 0 Å². The third-order valence-corrected chi connectivity index (χ3v) is 8.77. The topological polar surface area (TPSA) is 23.5 Å². The summed E-state index contributed by atoms with van der Waals surface area (Å²) >= 11 is 3.53. The maximum absolute atomic E-state index is 10.2. The summed E-state index contributed by atoms with van der Waals surface area (Å²) in [5, 5.41) is 10.2. The Balaban J connectivity index is 1.32. The van der Waals surface area contributed by atoms with Gasteiger partial charge in [0.05, 0.1) is 6.61 Å². The van der Waals surface area contributed by atoms with Gasteiger partial charge in [-0.15, -0.1) is 0 Å². The molecule has 25 heavy (non-hydrogen) atoms. The molecule has 3 heteroatoms. The largest absolute Gasteiger partial charge is 0.395 e. The highest BCUT2D eigenvalue weighted by atomic mass is 79.9. The summed E-state index contributed by atoms with van der Waals surface area (Å²) in [6.45, 7) is 1.44. The van der Waals surface area contributed by atoms with Crippen LogP contribution in [0, 0.1) is 23.7 Å². The quantitative estimate of drug-likeness (QED) is 0.776. The van der Waals surface area contributed by atoms with E-state index in [9.17, 15) is 5.11 Å². The number of aliphatic hydroxyl groups excluding tert-OH is 1. The second kappa shape index (κ2) is 5.81. The van der Waals surface area contributed by atoms with Crippen LogP contribution in [-0.4, -0.2) is 35.7 Å². The van der Waals surface area contributed by atoms with Gasteiger partial charge in [-0.25, -0.2) is 0 Å². The monoisotopic (exact) mass is 403 g/mol. The Morgan fingerprint density at radius 2 is 1.56 bits per heavy atom. The number of hydrogen-bond acceptors (Lipinski definition) is 2. The second-order valence-corrected chi connectivity index (χ2v) is 10.7. The molecular weight excluding hydrogens is 374 g/mol. The van der Waals surface area contributed by atoms with Crippen molar-refractivity contribution in [1.82, 2.24) is 4.90 Å². The average molecular weight is 404 g/mol. The lowest BCUT2D eigenvalue weighted by Gasteiger charge is -2.60. The molecule has 0 radical (unpaired) electrons. The normalized spacial score (nSPS) is 44.5. The Morgan fingerprint density at radius 3 is 2.08 bits per heavy atom. The number of aliphatic hydroxyl groups is 1. The van der Waals surface area contributed by atoms with Gasteiger partial charge in [-0.1, -0.05) is 28.1 Å². The summed E-state index contributed by atoms with van der Waals surface area (Å²) in [7, 11) is 2.38. The van der Waals surface area contributed by atoms with Crippen LogP contribution in [0.4, 0.5) is 0 Å². The fourth-order valence-electron chi connectivity index (χ4n) is 7.10. The number of nitrogens with zero attached hydrogens (tertiary/aromatic N) is 1. The van der Waals surface area contributed by atoms with E-state index in [-0.39, 0.29) is 12.0 Å². The molecule has 4 bridgehead atoms. The van der Waals surface area contributed by atoms with E-state index in [2.05, 4.69) is 52.1 Å². The van der Waals surface area contributed by atoms with Crippen LogP contribution < -0.4 is 0 Å². The molecule has 1 aromatic rings. The molecule has 5 aliphatic rings. The number of rotatable bonds is 5. The first-order chi connectivity index (χ1) is 12.0. The van der Waals surface area contributed by atoms with E-state index >= 15 is 0 Å². The predicted molar refractivity (Wildman–Crippen MR) is 105 cm³/mol. The maximum atomic E-state index is 10.2. The lowest BCUT2D eigenvalue weighted by atomic mass is 9.52. The van der Waals surface area contributed by atoms with Gasteiger partial charge in [-0.2, -0.15) is 0 Å². The minimum absolute atomic E-state index is 0.0112. The molecule has 136 valence electrons. The standard InChI is InChI=1S/C22H30BrNO/c1-24(21-9-15-6-16(10-21)8-17(7-15)11-21)13-19-12-22(19,14-25)18-2-4-20(23)5-3-18/h2-5,15-17,19,25H,6-14H2,1H3/t15?,16?,17?,19-,21?,22+/m1/s1. The lowest BCUT2D eigenvalue weighted by Crippen LogP contribution is -2.59. The molecule has 0 aromatic heterocycles. The predicted octanol–water partition coefficient (Wildman–Crippen LogP) is 4.60. The van der Waals surface area contributed by atoms with Crippen molar-refractivity contribution >= 4 is 15.9 Å². The Kier molecular flexibility index (Phi) is 3.90. The molecule has 0 aliphatic heterocycles. The highest BCUT2D eigenvalue weighted by Gasteiger charge is 2.58. The van der Waals surface area contributed by atoms with Crippen LogP contribution in [0.2, 0.25) is 0 Å². The SMILES string of the molecule is CN(C[C@H]1C[C@]1(CO)c1ccc(Br)cc1)C12CC3CC(CC(C3)C1)C2. The van der Waals surface area contributed by atoms with Gasteiger partial charge >= 0.3 is 0 Å². The third kappa shape index (κ3) is 2.64. The van der Waals surface area contributed by atoms with Crippen LogP contribution in [0.3, 0.4) is 0 Å². The van der Waals surface area contributed by atoms with E-state index in [1.807, 2.05) is 0 Å². The van der Waals surface area contributed by atoms with Gasteiger partial charge < -0.3 is 10.0 Å². The van der Waals surface area contributed by atoms with Gasteiger partial charge in [-0.05, 0) is 93.4 Å². The van der Waals surface area contributed by atoms with Crippen molar-refractivity contribution in [1.29, 1.82) is 0 Å². The maximum Gasteiger partial charge on any atom is 0.0531 e. The van der Waals surface area contributed by atoms with Crippen LogP contribution >= 0.6 is 15.9 Å². The van der Waals surface area contributed by atoms with Crippen molar-refractivity contribution in [3.8, 4) is 0 Å². The Bertz CT molecular complexity index is 621. The summed E-state index contributed by atoms with van der Waals surface area (Å²) in [5.41, 5.74) is 1.82. The van der Waals surface area contributed by atoms with E-state index in [1.54, 1.807) is 0 Å². The Hall–Kier alpha value is -0.380. The zero-order valence-corrected chi connectivity index (χ0v) is 16.8. The minimum atomic E-state index is 0.0112. The number of halogens is 1. The first-order valence-electron chi connectivity index (χ1n) is 10.1. The lowest BCUT2D eigenvalue weighted by molar-refractivity contribution is -0.0810. The van der Waals surface area contributed by atoms with Crippen molar-refractivity contribution < 1.29 is 5.11 Å². The summed E-state index contributed by atoms with van der Waals surface area (Å²) in [6.07, 6.45) is 9.98. The highest BCUT2D eigenvalue weighted by molar-refractivity contribution is 9.10. The molecule has 5 fully saturated rings. The van der Waals surface area contributed by atoms with Crippen LogP contribution in [-0.2, 0) is 5.41 Å². The van der Waals surface area contributed by atoms with Gasteiger partial charge in [0.15, 0.2) is 0 Å². The molecule has 0 unspecified atom stereocenters. The molecular formula is C22H30BrNO. The number of benzene rings is 1. The van der Waals surface area contributed by atoms with Crippen LogP contribution in [0.5, 0.6) is 0 Å². The van der Waals surface area contributed by atoms with Crippen molar-refractivity contribution in [2.24, 2.45) is 23.7 Å². The molecule has 5 aliphatic carbocycles. The molecule has 0 spiro atoms. The molecule has 6 rings (SSSR count). The van der Waals surface area contributed by atoms with Gasteiger partial charge in [0, 0.05) is 22.0 Å². The average Bonchev–Trinajstić information content (AvgIpc) is 3.28. The van der Waals surface area contributed by atoms with E-state index in [4.69, 9.17) is 0 Å². The van der Waals surface area contributed by atoms with Crippen molar-refractivity contribution in [3.05, 3.63) is 34.3 Å². The van der Waals surface area contributed by atoms with Gasteiger partial charge in [0.25, 0.3) is 0 Å². The van der Waals surface area contributed by atoms with Gasteiger partial charge in [-0.3, -0.25) is 0 Å². The third-order valence-electron chi connectivity index (χ3n) is 8.24. The second-order valence-electron chi connectivity index (χ2n) is 9.74. The minimum Gasteiger partial charge on any atom is -0.395 e. The highest BCUT2D eigenvalue weighted by Crippen LogP contribution is 2.59. The fourth-order valence-corrected chi connectivity index (χ4v) is 7.36. The fraction of sp³-hybridized carbons (Fsp3) is 0.727. The van der Waals surface area contributed by atoms with Crippen molar-refractivity contribution in [2.75, 3.05) is 20.2 Å². The van der Waals surface area contributed by atoms with E-state index in [0.29, 0.717) is 11.5 Å². The zero-order valence-electron chi connectivity index (χ0n) is 15.3.